The van der Waals surface area contributed by atoms with Crippen LogP contribution in [0.25, 0.3) is 0 Å². The van der Waals surface area contributed by atoms with E-state index in [2.05, 4.69) is 0 Å². The van der Waals surface area contributed by atoms with Gasteiger partial charge in [-0.15, -0.1) is 0 Å². The fourth-order valence-electron chi connectivity index (χ4n) is 2.25. The highest BCUT2D eigenvalue weighted by Gasteiger charge is 2.54. The molecule has 1 heterocycles. The van der Waals surface area contributed by atoms with Gasteiger partial charge in [-0.2, -0.15) is 13.2 Å². The molecule has 0 aliphatic carbocycles. The highest BCUT2D eigenvalue weighted by Crippen LogP contribution is 2.42. The third kappa shape index (κ3) is 3.00. The molecule has 1 fully saturated rings. The maximum atomic E-state index is 13.2. The number of rotatable bonds is 2. The Hall–Kier alpha value is -1.12. The summed E-state index contributed by atoms with van der Waals surface area (Å²) in [5.74, 6) is -2.16. The summed E-state index contributed by atoms with van der Waals surface area (Å²) in [5, 5.41) is 0. The van der Waals surface area contributed by atoms with E-state index in [1.165, 1.54) is 0 Å². The molecular formula is C14H18BF4NO2. The van der Waals surface area contributed by atoms with E-state index < -0.39 is 41.8 Å². The summed E-state index contributed by atoms with van der Waals surface area (Å²) in [4.78, 5) is 0. The van der Waals surface area contributed by atoms with Crippen LogP contribution in [0.3, 0.4) is 0 Å². The maximum Gasteiger partial charge on any atom is 0.480 e. The standard InChI is InChI=1S/C14H18BF4NO2/c1-12(2)13(3,4)22-15(21-12)11(20)9-6-5-8(16)7-10(9)14(17,18)19/h5-7,11H,20H2,1-4H3/t11-/m1/s1. The largest absolute Gasteiger partial charge is 0.480 e. The van der Waals surface area contributed by atoms with Crippen LogP contribution in [0.4, 0.5) is 17.6 Å². The number of benzene rings is 1. The van der Waals surface area contributed by atoms with E-state index in [-0.39, 0.29) is 5.56 Å². The number of halogens is 4. The Morgan fingerprint density at radius 3 is 2.05 bits per heavy atom. The molecule has 0 amide bonds. The Bertz CT molecular complexity index is 558. The fraction of sp³-hybridized carbons (Fsp3) is 0.571. The molecule has 2 N–H and O–H groups in total. The Morgan fingerprint density at radius 1 is 1.09 bits per heavy atom. The van der Waals surface area contributed by atoms with Gasteiger partial charge in [0.1, 0.15) is 5.82 Å². The van der Waals surface area contributed by atoms with E-state index in [0.29, 0.717) is 6.07 Å². The first kappa shape index (κ1) is 17.2. The van der Waals surface area contributed by atoms with Crippen molar-refractivity contribution in [3.05, 3.63) is 35.1 Å². The maximum absolute atomic E-state index is 13.2. The predicted octanol–water partition coefficient (Wildman–Crippen LogP) is 3.48. The van der Waals surface area contributed by atoms with Crippen molar-refractivity contribution in [3.8, 4) is 0 Å². The van der Waals surface area contributed by atoms with Crippen molar-refractivity contribution in [3.63, 3.8) is 0 Å². The molecule has 122 valence electrons. The Morgan fingerprint density at radius 2 is 1.59 bits per heavy atom. The average molecular weight is 319 g/mol. The number of alkyl halides is 3. The second kappa shape index (κ2) is 5.21. The Kier molecular flexibility index (Phi) is 4.09. The van der Waals surface area contributed by atoms with Crippen molar-refractivity contribution in [2.24, 2.45) is 5.73 Å². The van der Waals surface area contributed by atoms with E-state index >= 15 is 0 Å². The lowest BCUT2D eigenvalue weighted by atomic mass is 9.73. The molecule has 0 spiro atoms. The molecule has 0 aromatic heterocycles. The number of hydrogen-bond acceptors (Lipinski definition) is 3. The molecule has 1 aromatic rings. The molecule has 2 rings (SSSR count). The smallest absolute Gasteiger partial charge is 0.402 e. The SMILES string of the molecule is CC1(C)OB([C@H](N)c2ccc(F)cc2C(F)(F)F)OC1(C)C. The second-order valence-electron chi connectivity index (χ2n) is 6.38. The first-order valence-corrected chi connectivity index (χ1v) is 6.83. The van der Waals surface area contributed by atoms with E-state index in [1.807, 2.05) is 0 Å². The first-order valence-electron chi connectivity index (χ1n) is 6.83. The molecule has 3 nitrogen and oxygen atoms in total. The molecule has 0 bridgehead atoms. The number of hydrogen-bond donors (Lipinski definition) is 1. The summed E-state index contributed by atoms with van der Waals surface area (Å²) in [7, 11) is -1.04. The van der Waals surface area contributed by atoms with Crippen LogP contribution in [0.1, 0.15) is 44.8 Å². The quantitative estimate of drug-likeness (QED) is 0.670. The zero-order valence-electron chi connectivity index (χ0n) is 12.8. The molecule has 0 saturated carbocycles. The van der Waals surface area contributed by atoms with Gasteiger partial charge in [0, 0.05) is 0 Å². The predicted molar refractivity (Wildman–Crippen MR) is 74.4 cm³/mol. The monoisotopic (exact) mass is 319 g/mol. The average Bonchev–Trinajstić information content (AvgIpc) is 2.56. The Labute approximate surface area is 126 Å². The first-order chi connectivity index (χ1) is 9.85. The molecule has 8 heteroatoms. The van der Waals surface area contributed by atoms with Crippen molar-refractivity contribution in [2.45, 2.75) is 51.0 Å². The van der Waals surface area contributed by atoms with Gasteiger partial charge in [-0.05, 0) is 45.4 Å². The summed E-state index contributed by atoms with van der Waals surface area (Å²) in [6.45, 7) is 7.09. The summed E-state index contributed by atoms with van der Waals surface area (Å²) < 4.78 is 63.7. The lowest BCUT2D eigenvalue weighted by molar-refractivity contribution is -0.138. The highest BCUT2D eigenvalue weighted by atomic mass is 19.4. The molecule has 22 heavy (non-hydrogen) atoms. The second-order valence-corrected chi connectivity index (χ2v) is 6.38. The van der Waals surface area contributed by atoms with Crippen molar-refractivity contribution >= 4 is 7.12 Å². The van der Waals surface area contributed by atoms with Crippen LogP contribution in [0.15, 0.2) is 18.2 Å². The molecule has 0 radical (unpaired) electrons. The normalized spacial score (nSPS) is 22.0. The summed E-state index contributed by atoms with van der Waals surface area (Å²) in [6, 6.07) is 2.39. The zero-order chi connectivity index (χ0) is 16.9. The van der Waals surface area contributed by atoms with Gasteiger partial charge < -0.3 is 15.0 Å². The fourth-order valence-corrected chi connectivity index (χ4v) is 2.25. The van der Waals surface area contributed by atoms with E-state index in [9.17, 15) is 17.6 Å². The highest BCUT2D eigenvalue weighted by molar-refractivity contribution is 6.47. The van der Waals surface area contributed by atoms with Gasteiger partial charge in [-0.1, -0.05) is 6.07 Å². The van der Waals surface area contributed by atoms with E-state index in [1.54, 1.807) is 27.7 Å². The molecule has 1 atom stereocenters. The van der Waals surface area contributed by atoms with Crippen molar-refractivity contribution in [1.82, 2.24) is 0 Å². The van der Waals surface area contributed by atoms with Crippen molar-refractivity contribution in [1.29, 1.82) is 0 Å². The van der Waals surface area contributed by atoms with Crippen molar-refractivity contribution in [2.75, 3.05) is 0 Å². The van der Waals surface area contributed by atoms with Crippen LogP contribution < -0.4 is 5.73 Å². The van der Waals surface area contributed by atoms with Crippen LogP contribution in [-0.4, -0.2) is 18.3 Å². The minimum Gasteiger partial charge on any atom is -0.402 e. The minimum absolute atomic E-state index is 0.257. The summed E-state index contributed by atoms with van der Waals surface area (Å²) >= 11 is 0. The Balaban J connectivity index is 2.38. The van der Waals surface area contributed by atoms with Gasteiger partial charge in [0.05, 0.1) is 22.7 Å². The topological polar surface area (TPSA) is 44.5 Å². The molecule has 1 saturated heterocycles. The van der Waals surface area contributed by atoms with Gasteiger partial charge in [0.2, 0.25) is 0 Å². The van der Waals surface area contributed by atoms with Crippen LogP contribution in [0.5, 0.6) is 0 Å². The lowest BCUT2D eigenvalue weighted by Gasteiger charge is -2.32. The van der Waals surface area contributed by atoms with Gasteiger partial charge in [-0.25, -0.2) is 4.39 Å². The lowest BCUT2D eigenvalue weighted by Crippen LogP contribution is -2.41. The van der Waals surface area contributed by atoms with Crippen molar-refractivity contribution < 1.29 is 26.9 Å². The molecular weight excluding hydrogens is 301 g/mol. The van der Waals surface area contributed by atoms with Gasteiger partial charge >= 0.3 is 13.3 Å². The van der Waals surface area contributed by atoms with Crippen LogP contribution in [0, 0.1) is 5.82 Å². The summed E-state index contributed by atoms with van der Waals surface area (Å²) in [5.41, 5.74) is 3.12. The van der Waals surface area contributed by atoms with Crippen LogP contribution >= 0.6 is 0 Å². The molecule has 0 unspecified atom stereocenters. The van der Waals surface area contributed by atoms with Crippen LogP contribution in [0.2, 0.25) is 0 Å². The third-order valence-electron chi connectivity index (χ3n) is 4.24. The van der Waals surface area contributed by atoms with E-state index in [4.69, 9.17) is 15.0 Å². The third-order valence-corrected chi connectivity index (χ3v) is 4.24. The summed E-state index contributed by atoms with van der Waals surface area (Å²) in [6.07, 6.45) is -4.71. The number of nitrogens with two attached hydrogens (primary N) is 1. The molecule has 1 aliphatic heterocycles. The minimum atomic E-state index is -4.71. The van der Waals surface area contributed by atoms with Gasteiger partial charge in [0.25, 0.3) is 0 Å². The molecule has 1 aromatic carbocycles. The van der Waals surface area contributed by atoms with Gasteiger partial charge in [-0.3, -0.25) is 0 Å². The zero-order valence-corrected chi connectivity index (χ0v) is 12.8. The van der Waals surface area contributed by atoms with E-state index in [0.717, 1.165) is 12.1 Å². The van der Waals surface area contributed by atoms with Gasteiger partial charge in [0.15, 0.2) is 0 Å². The molecule has 1 aliphatic rings. The van der Waals surface area contributed by atoms with Crippen LogP contribution in [-0.2, 0) is 15.5 Å².